The molecule has 0 amide bonds. The molecule has 0 aromatic carbocycles. The molecule has 0 bridgehead atoms. The molecule has 0 atom stereocenters. The number of fused-ring (bicyclic) bond motifs is 1. The largest absolute Gasteiger partial charge is 0.384 e. The van der Waals surface area contributed by atoms with Crippen LogP contribution >= 0.6 is 0 Å². The molecule has 0 spiro atoms. The van der Waals surface area contributed by atoms with Gasteiger partial charge < -0.3 is 16.7 Å². The molecule has 0 aliphatic rings. The van der Waals surface area contributed by atoms with Crippen molar-refractivity contribution in [3.05, 3.63) is 18.1 Å². The van der Waals surface area contributed by atoms with Crippen molar-refractivity contribution in [1.82, 2.24) is 14.6 Å². The predicted octanol–water partition coefficient (Wildman–Crippen LogP) is -0.929. The molecule has 0 unspecified atom stereocenters. The Hall–Kier alpha value is -2.26. The number of hydrogen-bond donors (Lipinski definition) is 3. The number of aliphatic hydroxyl groups excluding tert-OH is 1. The zero-order valence-corrected chi connectivity index (χ0v) is 7.81. The highest BCUT2D eigenvalue weighted by molar-refractivity contribution is 5.92. The molecule has 6 heteroatoms. The molecular weight excluding hydrogens is 194 g/mol. The standard InChI is InChI=1S/C9H9N5O/c10-8-7-6(2-1-3-15)4-14(11)9(7)13-5-12-8/h4-5,15H,3,11H2,(H2,10,12,13). The first-order valence-electron chi connectivity index (χ1n) is 4.20. The van der Waals surface area contributed by atoms with E-state index < -0.39 is 0 Å². The average molecular weight is 203 g/mol. The first-order chi connectivity index (χ1) is 7.24. The van der Waals surface area contributed by atoms with Gasteiger partial charge in [-0.25, -0.2) is 9.97 Å². The van der Waals surface area contributed by atoms with Gasteiger partial charge in [-0.15, -0.1) is 0 Å². The molecule has 2 aromatic rings. The zero-order valence-electron chi connectivity index (χ0n) is 7.81. The molecule has 76 valence electrons. The molecule has 0 fully saturated rings. The van der Waals surface area contributed by atoms with Gasteiger partial charge >= 0.3 is 0 Å². The minimum absolute atomic E-state index is 0.217. The van der Waals surface area contributed by atoms with Crippen LogP contribution < -0.4 is 11.6 Å². The van der Waals surface area contributed by atoms with E-state index >= 15 is 0 Å². The van der Waals surface area contributed by atoms with Crippen LogP contribution in [0, 0.1) is 11.8 Å². The minimum Gasteiger partial charge on any atom is -0.384 e. The number of rotatable bonds is 0. The molecule has 6 nitrogen and oxygen atoms in total. The molecule has 0 saturated carbocycles. The van der Waals surface area contributed by atoms with Gasteiger partial charge in [-0.05, 0) is 0 Å². The number of anilines is 1. The summed E-state index contributed by atoms with van der Waals surface area (Å²) in [5.41, 5.74) is 6.82. The lowest BCUT2D eigenvalue weighted by Gasteiger charge is -1.95. The van der Waals surface area contributed by atoms with Gasteiger partial charge in [0.15, 0.2) is 5.65 Å². The van der Waals surface area contributed by atoms with Crippen LogP contribution in [0.3, 0.4) is 0 Å². The van der Waals surface area contributed by atoms with Gasteiger partial charge in [-0.2, -0.15) is 0 Å². The van der Waals surface area contributed by atoms with Crippen LogP contribution in [-0.2, 0) is 0 Å². The van der Waals surface area contributed by atoms with Crippen LogP contribution in [0.5, 0.6) is 0 Å². The third-order valence-corrected chi connectivity index (χ3v) is 1.94. The molecule has 0 radical (unpaired) electrons. The number of nitrogens with zero attached hydrogens (tertiary/aromatic N) is 3. The highest BCUT2D eigenvalue weighted by Crippen LogP contribution is 2.20. The average Bonchev–Trinajstić information content (AvgIpc) is 2.55. The summed E-state index contributed by atoms with van der Waals surface area (Å²) in [6, 6.07) is 0. The van der Waals surface area contributed by atoms with Gasteiger partial charge in [0, 0.05) is 6.20 Å². The molecule has 2 heterocycles. The maximum Gasteiger partial charge on any atom is 0.164 e. The van der Waals surface area contributed by atoms with Crippen molar-refractivity contribution in [3.63, 3.8) is 0 Å². The van der Waals surface area contributed by atoms with E-state index in [1.165, 1.54) is 11.0 Å². The summed E-state index contributed by atoms with van der Waals surface area (Å²) in [7, 11) is 0. The maximum atomic E-state index is 8.60. The van der Waals surface area contributed by atoms with E-state index in [9.17, 15) is 0 Å². The summed E-state index contributed by atoms with van der Waals surface area (Å²) in [5.74, 6) is 11.2. The summed E-state index contributed by atoms with van der Waals surface area (Å²) in [4.78, 5) is 7.84. The number of nitrogen functional groups attached to an aromatic ring is 2. The van der Waals surface area contributed by atoms with Crippen LogP contribution in [0.15, 0.2) is 12.5 Å². The minimum atomic E-state index is -0.217. The van der Waals surface area contributed by atoms with Crippen LogP contribution in [0.25, 0.3) is 11.0 Å². The Kier molecular flexibility index (Phi) is 2.15. The number of hydrogen-bond acceptors (Lipinski definition) is 5. The molecule has 15 heavy (non-hydrogen) atoms. The van der Waals surface area contributed by atoms with Crippen molar-refractivity contribution in [3.8, 4) is 11.8 Å². The maximum absolute atomic E-state index is 8.60. The Morgan fingerprint density at radius 3 is 3.00 bits per heavy atom. The summed E-state index contributed by atoms with van der Waals surface area (Å²) < 4.78 is 1.33. The van der Waals surface area contributed by atoms with Gasteiger partial charge in [-0.3, -0.25) is 4.68 Å². The fourth-order valence-corrected chi connectivity index (χ4v) is 1.34. The van der Waals surface area contributed by atoms with Crippen LogP contribution in [0.4, 0.5) is 5.82 Å². The molecule has 0 aliphatic carbocycles. The van der Waals surface area contributed by atoms with Crippen molar-refractivity contribution in [2.75, 3.05) is 18.2 Å². The van der Waals surface area contributed by atoms with Crippen molar-refractivity contribution >= 4 is 16.9 Å². The molecule has 2 rings (SSSR count). The molecule has 0 aliphatic heterocycles. The van der Waals surface area contributed by atoms with Gasteiger partial charge in [0.1, 0.15) is 18.8 Å². The summed E-state index contributed by atoms with van der Waals surface area (Å²) >= 11 is 0. The highest BCUT2D eigenvalue weighted by atomic mass is 16.2. The molecule has 2 aromatic heterocycles. The Labute approximate surface area is 85.5 Å². The van der Waals surface area contributed by atoms with Crippen molar-refractivity contribution < 1.29 is 5.11 Å². The van der Waals surface area contributed by atoms with Crippen molar-refractivity contribution in [2.45, 2.75) is 0 Å². The molecule has 0 saturated heterocycles. The van der Waals surface area contributed by atoms with E-state index in [0.717, 1.165) is 0 Å². The summed E-state index contributed by atoms with van der Waals surface area (Å²) in [6.07, 6.45) is 2.93. The number of nitrogens with two attached hydrogens (primary N) is 2. The monoisotopic (exact) mass is 203 g/mol. The second-order valence-electron chi connectivity index (χ2n) is 2.87. The zero-order chi connectivity index (χ0) is 10.8. The molecular formula is C9H9N5O. The van der Waals surface area contributed by atoms with Crippen LogP contribution in [0.2, 0.25) is 0 Å². The first-order valence-corrected chi connectivity index (χ1v) is 4.20. The summed E-state index contributed by atoms with van der Waals surface area (Å²) in [5, 5.41) is 9.21. The normalized spacial score (nSPS) is 9.93. The second kappa shape index (κ2) is 3.48. The van der Waals surface area contributed by atoms with E-state index in [2.05, 4.69) is 21.8 Å². The smallest absolute Gasteiger partial charge is 0.164 e. The van der Waals surface area contributed by atoms with E-state index in [1.54, 1.807) is 6.20 Å². The van der Waals surface area contributed by atoms with Gasteiger partial charge in [-0.1, -0.05) is 11.8 Å². The SMILES string of the molecule is Nc1ncnc2c1c(C#CCO)cn2N. The van der Waals surface area contributed by atoms with Gasteiger partial charge in [0.25, 0.3) is 0 Å². The van der Waals surface area contributed by atoms with Crippen molar-refractivity contribution in [1.29, 1.82) is 0 Å². The van der Waals surface area contributed by atoms with E-state index in [-0.39, 0.29) is 6.61 Å². The van der Waals surface area contributed by atoms with E-state index in [4.69, 9.17) is 16.7 Å². The number of aliphatic hydroxyl groups is 1. The first kappa shape index (κ1) is 9.30. The Bertz CT molecular complexity index is 563. The highest BCUT2D eigenvalue weighted by Gasteiger charge is 2.09. The topological polar surface area (TPSA) is 103 Å². The Balaban J connectivity index is 2.75. The number of aromatic nitrogens is 3. The van der Waals surface area contributed by atoms with Crippen molar-refractivity contribution in [2.24, 2.45) is 0 Å². The fourth-order valence-electron chi connectivity index (χ4n) is 1.34. The summed E-state index contributed by atoms with van der Waals surface area (Å²) in [6.45, 7) is -0.217. The fraction of sp³-hybridized carbons (Fsp3) is 0.111. The van der Waals surface area contributed by atoms with E-state index in [0.29, 0.717) is 22.4 Å². The third-order valence-electron chi connectivity index (χ3n) is 1.94. The lowest BCUT2D eigenvalue weighted by molar-refractivity contribution is 0.350. The lowest BCUT2D eigenvalue weighted by Crippen LogP contribution is -2.06. The van der Waals surface area contributed by atoms with E-state index in [1.807, 2.05) is 0 Å². The molecule has 5 N–H and O–H groups in total. The van der Waals surface area contributed by atoms with Crippen LogP contribution in [0.1, 0.15) is 5.56 Å². The lowest BCUT2D eigenvalue weighted by atomic mass is 10.2. The van der Waals surface area contributed by atoms with Gasteiger partial charge in [0.2, 0.25) is 0 Å². The Morgan fingerprint density at radius 1 is 1.47 bits per heavy atom. The third kappa shape index (κ3) is 1.45. The van der Waals surface area contributed by atoms with Crippen LogP contribution in [-0.4, -0.2) is 26.4 Å². The second-order valence-corrected chi connectivity index (χ2v) is 2.87. The van der Waals surface area contributed by atoms with Gasteiger partial charge in [0.05, 0.1) is 10.9 Å². The Morgan fingerprint density at radius 2 is 2.27 bits per heavy atom. The predicted molar refractivity (Wildman–Crippen MR) is 56.1 cm³/mol. The quantitative estimate of drug-likeness (QED) is 0.379.